The van der Waals surface area contributed by atoms with Crippen molar-refractivity contribution >= 4 is 5.69 Å². The number of aromatic hydroxyl groups is 1. The number of rotatable bonds is 4. The summed E-state index contributed by atoms with van der Waals surface area (Å²) in [4.78, 5) is 2.02. The van der Waals surface area contributed by atoms with E-state index in [0.29, 0.717) is 12.1 Å². The lowest BCUT2D eigenvalue weighted by molar-refractivity contribution is 0.195. The van der Waals surface area contributed by atoms with Crippen molar-refractivity contribution in [3.63, 3.8) is 0 Å². The number of phenols is 1. The number of aliphatic hydroxyl groups is 1. The minimum atomic E-state index is -0.671. The van der Waals surface area contributed by atoms with Crippen molar-refractivity contribution in [2.24, 2.45) is 0 Å². The minimum Gasteiger partial charge on any atom is -0.507 e. The Bertz CT molecular complexity index is 560. The maximum Gasteiger partial charge on any atom is 0.123 e. The van der Waals surface area contributed by atoms with Gasteiger partial charge in [-0.15, -0.1) is 0 Å². The minimum absolute atomic E-state index is 0.114. The number of hydrogen-bond donors (Lipinski definition) is 2. The van der Waals surface area contributed by atoms with Crippen LogP contribution in [0.25, 0.3) is 0 Å². The topological polar surface area (TPSA) is 56.8 Å². The third-order valence-electron chi connectivity index (χ3n) is 3.28. The number of benzene rings is 1. The van der Waals surface area contributed by atoms with Gasteiger partial charge >= 0.3 is 0 Å². The fraction of sp³-hybridized carbons (Fsp3) is 0.333. The molecule has 0 amide bonds. The molecule has 1 heterocycles. The third kappa shape index (κ3) is 2.90. The number of aliphatic hydroxyl groups excluding tert-OH is 1. The van der Waals surface area contributed by atoms with E-state index in [-0.39, 0.29) is 5.75 Å². The fourth-order valence-electron chi connectivity index (χ4n) is 2.04. The molecule has 4 heteroatoms. The number of aryl methyl sites for hydroxylation is 1. The summed E-state index contributed by atoms with van der Waals surface area (Å²) < 4.78 is 5.27. The Labute approximate surface area is 112 Å². The van der Waals surface area contributed by atoms with Gasteiger partial charge in [-0.25, -0.2) is 0 Å². The van der Waals surface area contributed by atoms with Gasteiger partial charge in [0.05, 0.1) is 12.4 Å². The van der Waals surface area contributed by atoms with Gasteiger partial charge in [-0.1, -0.05) is 6.07 Å². The zero-order valence-electron chi connectivity index (χ0n) is 11.4. The predicted octanol–water partition coefficient (Wildman–Crippen LogP) is 2.98. The van der Waals surface area contributed by atoms with E-state index in [1.807, 2.05) is 31.0 Å². The normalized spacial score (nSPS) is 12.4. The maximum atomic E-state index is 9.89. The van der Waals surface area contributed by atoms with Gasteiger partial charge in [0.15, 0.2) is 0 Å². The Morgan fingerprint density at radius 3 is 2.58 bits per heavy atom. The van der Waals surface area contributed by atoms with Gasteiger partial charge in [-0.05, 0) is 26.0 Å². The highest BCUT2D eigenvalue weighted by atomic mass is 16.3. The van der Waals surface area contributed by atoms with Gasteiger partial charge < -0.3 is 19.5 Å². The lowest BCUT2D eigenvalue weighted by Crippen LogP contribution is -2.16. The zero-order valence-corrected chi connectivity index (χ0v) is 11.4. The Morgan fingerprint density at radius 2 is 2.05 bits per heavy atom. The van der Waals surface area contributed by atoms with Gasteiger partial charge in [0, 0.05) is 36.5 Å². The molecule has 2 aromatic rings. The van der Waals surface area contributed by atoms with Crippen molar-refractivity contribution in [3.8, 4) is 5.75 Å². The first-order valence-corrected chi connectivity index (χ1v) is 6.24. The second kappa shape index (κ2) is 5.36. The molecule has 1 aromatic heterocycles. The number of furan rings is 1. The van der Waals surface area contributed by atoms with E-state index in [9.17, 15) is 10.2 Å². The van der Waals surface area contributed by atoms with Gasteiger partial charge in [-0.2, -0.15) is 0 Å². The van der Waals surface area contributed by atoms with Crippen LogP contribution in [0.2, 0.25) is 0 Å². The number of nitrogens with zero attached hydrogens (tertiary/aromatic N) is 1. The number of phenolic OH excluding ortho intramolecular Hbond substituents is 1. The van der Waals surface area contributed by atoms with Gasteiger partial charge in [0.1, 0.15) is 11.5 Å². The monoisotopic (exact) mass is 261 g/mol. The van der Waals surface area contributed by atoms with Gasteiger partial charge in [-0.3, -0.25) is 0 Å². The summed E-state index contributed by atoms with van der Waals surface area (Å²) >= 11 is 0. The van der Waals surface area contributed by atoms with E-state index >= 15 is 0 Å². The summed E-state index contributed by atoms with van der Waals surface area (Å²) in [6, 6.07) is 7.23. The lowest BCUT2D eigenvalue weighted by Gasteiger charge is -2.20. The van der Waals surface area contributed by atoms with Crippen LogP contribution < -0.4 is 4.90 Å². The Balaban J connectivity index is 2.18. The molecule has 0 aliphatic heterocycles. The molecule has 2 rings (SSSR count). The van der Waals surface area contributed by atoms with Crippen LogP contribution in [-0.4, -0.2) is 17.3 Å². The Kier molecular flexibility index (Phi) is 3.81. The average Bonchev–Trinajstić information content (AvgIpc) is 2.74. The molecule has 0 aliphatic rings. The molecule has 0 spiro atoms. The summed E-state index contributed by atoms with van der Waals surface area (Å²) in [7, 11) is 1.95. The van der Waals surface area contributed by atoms with Crippen molar-refractivity contribution < 1.29 is 14.6 Å². The van der Waals surface area contributed by atoms with E-state index in [0.717, 1.165) is 17.0 Å². The highest BCUT2D eigenvalue weighted by Gasteiger charge is 2.11. The molecule has 1 atom stereocenters. The van der Waals surface area contributed by atoms with E-state index in [1.165, 1.54) is 0 Å². The van der Waals surface area contributed by atoms with Crippen molar-refractivity contribution in [3.05, 3.63) is 47.4 Å². The second-order valence-corrected chi connectivity index (χ2v) is 4.78. The summed E-state index contributed by atoms with van der Waals surface area (Å²) in [6.45, 7) is 4.26. The van der Waals surface area contributed by atoms with E-state index in [4.69, 9.17) is 4.42 Å². The van der Waals surface area contributed by atoms with Crippen LogP contribution in [0.3, 0.4) is 0 Å². The summed E-state index contributed by atoms with van der Waals surface area (Å²) in [5, 5.41) is 19.4. The predicted molar refractivity (Wildman–Crippen MR) is 74.3 cm³/mol. The first-order valence-electron chi connectivity index (χ1n) is 6.24. The molecule has 0 radical (unpaired) electrons. The van der Waals surface area contributed by atoms with Crippen LogP contribution >= 0.6 is 0 Å². The first kappa shape index (κ1) is 13.5. The van der Waals surface area contributed by atoms with Crippen LogP contribution in [0.1, 0.15) is 29.9 Å². The number of anilines is 1. The first-order chi connectivity index (χ1) is 8.99. The molecule has 19 heavy (non-hydrogen) atoms. The molecule has 4 nitrogen and oxygen atoms in total. The van der Waals surface area contributed by atoms with E-state index < -0.39 is 6.10 Å². The molecule has 102 valence electrons. The van der Waals surface area contributed by atoms with Crippen molar-refractivity contribution in [2.75, 3.05) is 11.9 Å². The Morgan fingerprint density at radius 1 is 1.32 bits per heavy atom. The van der Waals surface area contributed by atoms with E-state index in [1.54, 1.807) is 25.3 Å². The highest BCUT2D eigenvalue weighted by molar-refractivity contribution is 5.53. The molecule has 0 bridgehead atoms. The van der Waals surface area contributed by atoms with Crippen molar-refractivity contribution in [1.82, 2.24) is 0 Å². The van der Waals surface area contributed by atoms with Crippen LogP contribution in [0, 0.1) is 6.92 Å². The summed E-state index contributed by atoms with van der Waals surface area (Å²) in [6.07, 6.45) is 1.00. The quantitative estimate of drug-likeness (QED) is 0.888. The molecular formula is C15H19NO3. The largest absolute Gasteiger partial charge is 0.507 e. The molecule has 0 fully saturated rings. The molecule has 0 saturated heterocycles. The van der Waals surface area contributed by atoms with Crippen molar-refractivity contribution in [2.45, 2.75) is 26.5 Å². The third-order valence-corrected chi connectivity index (χ3v) is 3.28. The molecule has 0 saturated carbocycles. The smallest absolute Gasteiger partial charge is 0.123 e. The standard InChI is InChI=1S/C15H19NO3/c1-10(17)14-5-4-13(8-15(14)18)16(3)9-12-6-7-19-11(12)2/h4-8,10,17-18H,9H2,1-3H3. The highest BCUT2D eigenvalue weighted by Crippen LogP contribution is 2.29. The molecule has 0 aliphatic carbocycles. The molecule has 1 unspecified atom stereocenters. The lowest BCUT2D eigenvalue weighted by atomic mass is 10.1. The average molecular weight is 261 g/mol. The Hall–Kier alpha value is -1.94. The fourth-order valence-corrected chi connectivity index (χ4v) is 2.04. The second-order valence-electron chi connectivity index (χ2n) is 4.78. The van der Waals surface area contributed by atoms with Crippen LogP contribution in [-0.2, 0) is 6.54 Å². The van der Waals surface area contributed by atoms with Crippen molar-refractivity contribution in [1.29, 1.82) is 0 Å². The SMILES string of the molecule is Cc1occc1CN(C)c1ccc(C(C)O)c(O)c1. The van der Waals surface area contributed by atoms with Crippen LogP contribution in [0.5, 0.6) is 5.75 Å². The summed E-state index contributed by atoms with van der Waals surface area (Å²) in [5.41, 5.74) is 2.54. The molecule has 2 N–H and O–H groups in total. The van der Waals surface area contributed by atoms with Gasteiger partial charge in [0.25, 0.3) is 0 Å². The number of hydrogen-bond acceptors (Lipinski definition) is 4. The van der Waals surface area contributed by atoms with E-state index in [2.05, 4.69) is 0 Å². The molecule has 1 aromatic carbocycles. The van der Waals surface area contributed by atoms with Gasteiger partial charge in [0.2, 0.25) is 0 Å². The maximum absolute atomic E-state index is 9.89. The summed E-state index contributed by atoms with van der Waals surface area (Å²) in [5.74, 6) is 1.01. The van der Waals surface area contributed by atoms with Crippen LogP contribution in [0.4, 0.5) is 5.69 Å². The zero-order chi connectivity index (χ0) is 14.0. The van der Waals surface area contributed by atoms with Crippen LogP contribution in [0.15, 0.2) is 34.9 Å². The molecular weight excluding hydrogens is 242 g/mol.